The van der Waals surface area contributed by atoms with Crippen LogP contribution in [0.1, 0.15) is 31.6 Å². The fraction of sp³-hybridized carbons (Fsp3) is 0.333. The molecule has 2 nitrogen and oxygen atoms in total. The highest BCUT2D eigenvalue weighted by atomic mass is 79.9. The van der Waals surface area contributed by atoms with Gasteiger partial charge in [0, 0.05) is 9.86 Å². The molecule has 2 aromatic rings. The van der Waals surface area contributed by atoms with Crippen molar-refractivity contribution in [3.63, 3.8) is 0 Å². The molecule has 0 radical (unpaired) electrons. The summed E-state index contributed by atoms with van der Waals surface area (Å²) in [7, 11) is 0. The lowest BCUT2D eigenvalue weighted by Crippen LogP contribution is -2.08. The van der Waals surface area contributed by atoms with Crippen molar-refractivity contribution in [1.29, 1.82) is 0 Å². The van der Waals surface area contributed by atoms with E-state index in [-0.39, 0.29) is 6.04 Å². The number of furan rings is 1. The summed E-state index contributed by atoms with van der Waals surface area (Å²) in [5, 5.41) is 1.10. The first-order chi connectivity index (χ1) is 7.20. The fourth-order valence-corrected chi connectivity index (χ4v) is 2.05. The molecule has 0 aliphatic carbocycles. The molecule has 0 spiro atoms. The van der Waals surface area contributed by atoms with Crippen molar-refractivity contribution < 1.29 is 4.42 Å². The van der Waals surface area contributed by atoms with E-state index in [0.717, 1.165) is 34.0 Å². The Bertz CT molecular complexity index is 464. The van der Waals surface area contributed by atoms with E-state index in [2.05, 4.69) is 22.9 Å². The van der Waals surface area contributed by atoms with Crippen molar-refractivity contribution in [1.82, 2.24) is 0 Å². The van der Waals surface area contributed by atoms with Gasteiger partial charge in [0.25, 0.3) is 0 Å². The van der Waals surface area contributed by atoms with Crippen LogP contribution in [0.25, 0.3) is 11.0 Å². The Balaban J connectivity index is 2.38. The highest BCUT2D eigenvalue weighted by Gasteiger charge is 2.10. The minimum absolute atomic E-state index is 0.0150. The number of benzene rings is 1. The Morgan fingerprint density at radius 1 is 1.40 bits per heavy atom. The van der Waals surface area contributed by atoms with Crippen molar-refractivity contribution >= 4 is 26.9 Å². The summed E-state index contributed by atoms with van der Waals surface area (Å²) in [5.41, 5.74) is 6.90. The maximum Gasteiger partial charge on any atom is 0.134 e. The number of hydrogen-bond acceptors (Lipinski definition) is 2. The number of rotatable bonds is 3. The van der Waals surface area contributed by atoms with E-state index in [9.17, 15) is 0 Å². The molecule has 80 valence electrons. The summed E-state index contributed by atoms with van der Waals surface area (Å²) < 4.78 is 6.75. The zero-order valence-electron chi connectivity index (χ0n) is 8.66. The van der Waals surface area contributed by atoms with Crippen molar-refractivity contribution in [2.45, 2.75) is 25.8 Å². The number of fused-ring (bicyclic) bond motifs is 1. The van der Waals surface area contributed by atoms with Crippen LogP contribution in [0.4, 0.5) is 0 Å². The molecule has 3 heteroatoms. The van der Waals surface area contributed by atoms with E-state index < -0.39 is 0 Å². The largest absolute Gasteiger partial charge is 0.459 e. The standard InChI is InChI=1S/C12H14BrNO/c1-2-3-10(14)12-7-8-6-9(13)4-5-11(8)15-12/h4-7,10H,2-3,14H2,1H3/t10-/m0/s1. The second-order valence-electron chi connectivity index (χ2n) is 3.73. The molecule has 0 unspecified atom stereocenters. The van der Waals surface area contributed by atoms with Gasteiger partial charge in [-0.3, -0.25) is 0 Å². The predicted octanol–water partition coefficient (Wildman–Crippen LogP) is 4.00. The van der Waals surface area contributed by atoms with Gasteiger partial charge >= 0.3 is 0 Å². The summed E-state index contributed by atoms with van der Waals surface area (Å²) in [6, 6.07) is 8.02. The van der Waals surface area contributed by atoms with Crippen molar-refractivity contribution in [2.24, 2.45) is 5.73 Å². The quantitative estimate of drug-likeness (QED) is 0.913. The summed E-state index contributed by atoms with van der Waals surface area (Å²) in [5.74, 6) is 0.880. The molecule has 0 aliphatic rings. The molecular weight excluding hydrogens is 254 g/mol. The second-order valence-corrected chi connectivity index (χ2v) is 4.64. The first kappa shape index (κ1) is 10.7. The van der Waals surface area contributed by atoms with Crippen molar-refractivity contribution in [3.8, 4) is 0 Å². The van der Waals surface area contributed by atoms with Gasteiger partial charge in [-0.1, -0.05) is 29.3 Å². The predicted molar refractivity (Wildman–Crippen MR) is 65.8 cm³/mol. The maximum atomic E-state index is 6.00. The van der Waals surface area contributed by atoms with Gasteiger partial charge in [-0.05, 0) is 30.7 Å². The highest BCUT2D eigenvalue weighted by Crippen LogP contribution is 2.27. The van der Waals surface area contributed by atoms with Crippen molar-refractivity contribution in [3.05, 3.63) is 34.5 Å². The molecule has 2 rings (SSSR count). The van der Waals surface area contributed by atoms with Crippen LogP contribution in [0.5, 0.6) is 0 Å². The van der Waals surface area contributed by atoms with Crippen molar-refractivity contribution in [2.75, 3.05) is 0 Å². The third kappa shape index (κ3) is 2.24. The molecule has 15 heavy (non-hydrogen) atoms. The molecule has 0 saturated heterocycles. The van der Waals surface area contributed by atoms with Crippen LogP contribution >= 0.6 is 15.9 Å². The smallest absolute Gasteiger partial charge is 0.134 e. The van der Waals surface area contributed by atoms with Crippen LogP contribution in [0, 0.1) is 0 Å². The van der Waals surface area contributed by atoms with E-state index in [1.807, 2.05) is 24.3 Å². The van der Waals surface area contributed by atoms with E-state index >= 15 is 0 Å². The van der Waals surface area contributed by atoms with E-state index in [0.29, 0.717) is 0 Å². The van der Waals surface area contributed by atoms with Crippen LogP contribution < -0.4 is 5.73 Å². The second kappa shape index (κ2) is 4.37. The molecule has 1 aromatic heterocycles. The molecule has 0 aliphatic heterocycles. The average Bonchev–Trinajstić information content (AvgIpc) is 2.60. The molecule has 2 N–H and O–H groups in total. The monoisotopic (exact) mass is 267 g/mol. The first-order valence-corrected chi connectivity index (χ1v) is 5.94. The molecule has 0 saturated carbocycles. The van der Waals surface area contributed by atoms with Gasteiger partial charge in [-0.2, -0.15) is 0 Å². The zero-order valence-corrected chi connectivity index (χ0v) is 10.3. The highest BCUT2D eigenvalue weighted by molar-refractivity contribution is 9.10. The van der Waals surface area contributed by atoms with Crippen LogP contribution in [-0.2, 0) is 0 Å². The summed E-state index contributed by atoms with van der Waals surface area (Å²) in [6.45, 7) is 2.12. The Hall–Kier alpha value is -0.800. The van der Waals surface area contributed by atoms with Gasteiger partial charge in [-0.15, -0.1) is 0 Å². The molecule has 1 atom stereocenters. The molecule has 0 bridgehead atoms. The third-order valence-corrected chi connectivity index (χ3v) is 2.96. The topological polar surface area (TPSA) is 39.2 Å². The van der Waals surface area contributed by atoms with E-state index in [1.54, 1.807) is 0 Å². The van der Waals surface area contributed by atoms with Gasteiger partial charge < -0.3 is 10.2 Å². The van der Waals surface area contributed by atoms with Crippen LogP contribution in [0.15, 0.2) is 33.2 Å². The summed E-state index contributed by atoms with van der Waals surface area (Å²) in [4.78, 5) is 0. The van der Waals surface area contributed by atoms with E-state index in [1.165, 1.54) is 0 Å². The molecule has 1 heterocycles. The number of hydrogen-bond donors (Lipinski definition) is 1. The Kier molecular flexibility index (Phi) is 3.12. The van der Waals surface area contributed by atoms with Gasteiger partial charge in [0.2, 0.25) is 0 Å². The minimum atomic E-state index is 0.0150. The van der Waals surface area contributed by atoms with Crippen LogP contribution in [-0.4, -0.2) is 0 Å². The SMILES string of the molecule is CCC[C@H](N)c1cc2cc(Br)ccc2o1. The van der Waals surface area contributed by atoms with Crippen LogP contribution in [0.2, 0.25) is 0 Å². The Labute approximate surface area is 97.6 Å². The van der Waals surface area contributed by atoms with Gasteiger partial charge in [0.15, 0.2) is 0 Å². The lowest BCUT2D eigenvalue weighted by Gasteiger charge is -2.04. The molecule has 0 fully saturated rings. The molecule has 0 amide bonds. The number of halogens is 1. The normalized spacial score (nSPS) is 13.3. The van der Waals surface area contributed by atoms with Crippen LogP contribution in [0.3, 0.4) is 0 Å². The number of nitrogens with two attached hydrogens (primary N) is 1. The lowest BCUT2D eigenvalue weighted by molar-refractivity contribution is 0.475. The zero-order chi connectivity index (χ0) is 10.8. The fourth-order valence-electron chi connectivity index (χ4n) is 1.67. The third-order valence-electron chi connectivity index (χ3n) is 2.46. The minimum Gasteiger partial charge on any atom is -0.459 e. The van der Waals surface area contributed by atoms with Gasteiger partial charge in [-0.25, -0.2) is 0 Å². The Morgan fingerprint density at radius 2 is 2.20 bits per heavy atom. The van der Waals surface area contributed by atoms with E-state index in [4.69, 9.17) is 10.2 Å². The summed E-state index contributed by atoms with van der Waals surface area (Å²) in [6.07, 6.45) is 2.03. The van der Waals surface area contributed by atoms with Gasteiger partial charge in [0.1, 0.15) is 11.3 Å². The lowest BCUT2D eigenvalue weighted by atomic mass is 10.1. The average molecular weight is 268 g/mol. The van der Waals surface area contributed by atoms with Gasteiger partial charge in [0.05, 0.1) is 6.04 Å². The molecule has 1 aromatic carbocycles. The Morgan fingerprint density at radius 3 is 2.93 bits per heavy atom. The maximum absolute atomic E-state index is 6.00. The summed E-state index contributed by atoms with van der Waals surface area (Å²) >= 11 is 3.44. The molecular formula is C12H14BrNO. The first-order valence-electron chi connectivity index (χ1n) is 5.15.